The van der Waals surface area contributed by atoms with E-state index in [4.69, 9.17) is 0 Å². The van der Waals surface area contributed by atoms with Gasteiger partial charge in [0.05, 0.1) is 6.04 Å². The predicted octanol–water partition coefficient (Wildman–Crippen LogP) is 3.47. The molecule has 0 saturated heterocycles. The Bertz CT molecular complexity index is 291. The summed E-state index contributed by atoms with van der Waals surface area (Å²) in [6.07, 6.45) is -0.419. The van der Waals surface area contributed by atoms with Crippen LogP contribution in [0.4, 0.5) is 14.5 Å². The Labute approximate surface area is 86.9 Å². The van der Waals surface area contributed by atoms with Gasteiger partial charge in [0.25, 0.3) is 6.43 Å². The summed E-state index contributed by atoms with van der Waals surface area (Å²) in [7, 11) is 0. The van der Waals surface area contributed by atoms with Crippen molar-refractivity contribution in [2.24, 2.45) is 0 Å². The van der Waals surface area contributed by atoms with Crippen molar-refractivity contribution in [2.45, 2.75) is 24.3 Å². The lowest BCUT2D eigenvalue weighted by atomic mass is 10.2. The van der Waals surface area contributed by atoms with E-state index in [1.54, 1.807) is 11.8 Å². The van der Waals surface area contributed by atoms with Crippen LogP contribution in [0.3, 0.4) is 0 Å². The van der Waals surface area contributed by atoms with Crippen LogP contribution in [-0.2, 0) is 0 Å². The van der Waals surface area contributed by atoms with Crippen molar-refractivity contribution in [3.63, 3.8) is 0 Å². The standard InChI is InChI=1S/C10H13F2NS/c1-7(10(11)12)13-8-5-3-4-6-9(8)14-2/h3-7,10,13H,1-2H3. The van der Waals surface area contributed by atoms with E-state index in [0.717, 1.165) is 10.6 Å². The van der Waals surface area contributed by atoms with E-state index in [9.17, 15) is 8.78 Å². The maximum atomic E-state index is 12.3. The van der Waals surface area contributed by atoms with Gasteiger partial charge in [0.1, 0.15) is 0 Å². The monoisotopic (exact) mass is 217 g/mol. The highest BCUT2D eigenvalue weighted by Gasteiger charge is 2.14. The zero-order valence-corrected chi connectivity index (χ0v) is 8.94. The van der Waals surface area contributed by atoms with Gasteiger partial charge in [0.15, 0.2) is 0 Å². The third-order valence-electron chi connectivity index (χ3n) is 1.87. The molecule has 1 N–H and O–H groups in total. The molecule has 4 heteroatoms. The van der Waals surface area contributed by atoms with Crippen LogP contribution in [0.15, 0.2) is 29.2 Å². The maximum absolute atomic E-state index is 12.3. The van der Waals surface area contributed by atoms with Gasteiger partial charge >= 0.3 is 0 Å². The normalized spacial score (nSPS) is 12.9. The van der Waals surface area contributed by atoms with Crippen molar-refractivity contribution in [1.29, 1.82) is 0 Å². The zero-order chi connectivity index (χ0) is 10.6. The molecular formula is C10H13F2NS. The van der Waals surface area contributed by atoms with Crippen LogP contribution in [0.2, 0.25) is 0 Å². The fourth-order valence-corrected chi connectivity index (χ4v) is 1.63. The summed E-state index contributed by atoms with van der Waals surface area (Å²) in [5.41, 5.74) is 0.771. The molecule has 14 heavy (non-hydrogen) atoms. The van der Waals surface area contributed by atoms with Gasteiger partial charge in [-0.3, -0.25) is 0 Å². The molecule has 78 valence electrons. The summed E-state index contributed by atoms with van der Waals surface area (Å²) in [6, 6.07) is 6.63. The Morgan fingerprint density at radius 2 is 1.93 bits per heavy atom. The number of rotatable bonds is 4. The molecular weight excluding hydrogens is 204 g/mol. The summed E-state index contributed by atoms with van der Waals surface area (Å²) in [5.74, 6) is 0. The Morgan fingerprint density at radius 3 is 2.50 bits per heavy atom. The van der Waals surface area contributed by atoms with E-state index in [2.05, 4.69) is 5.32 Å². The average molecular weight is 217 g/mol. The number of benzene rings is 1. The molecule has 1 nitrogen and oxygen atoms in total. The highest BCUT2D eigenvalue weighted by molar-refractivity contribution is 7.98. The first-order valence-electron chi connectivity index (χ1n) is 4.33. The van der Waals surface area contributed by atoms with Crippen LogP contribution < -0.4 is 5.32 Å². The molecule has 1 atom stereocenters. The van der Waals surface area contributed by atoms with Gasteiger partial charge in [-0.2, -0.15) is 0 Å². The summed E-state index contributed by atoms with van der Waals surface area (Å²) in [6.45, 7) is 1.47. The van der Waals surface area contributed by atoms with Gasteiger partial charge in [-0.05, 0) is 25.3 Å². The Morgan fingerprint density at radius 1 is 1.29 bits per heavy atom. The summed E-state index contributed by atoms with van der Waals surface area (Å²) in [4.78, 5) is 0.986. The fourth-order valence-electron chi connectivity index (χ4n) is 1.07. The minimum Gasteiger partial charge on any atom is -0.376 e. The molecule has 0 amide bonds. The molecule has 0 heterocycles. The van der Waals surface area contributed by atoms with Crippen molar-refractivity contribution in [1.82, 2.24) is 0 Å². The molecule has 1 aromatic carbocycles. The van der Waals surface area contributed by atoms with Crippen molar-refractivity contribution in [3.05, 3.63) is 24.3 Å². The first-order valence-corrected chi connectivity index (χ1v) is 5.55. The number of para-hydroxylation sites is 1. The van der Waals surface area contributed by atoms with Crippen LogP contribution in [0.25, 0.3) is 0 Å². The number of thioether (sulfide) groups is 1. The van der Waals surface area contributed by atoms with Gasteiger partial charge < -0.3 is 5.32 Å². The summed E-state index contributed by atoms with van der Waals surface area (Å²) in [5, 5.41) is 2.79. The number of halogens is 2. The van der Waals surface area contributed by atoms with E-state index in [0.29, 0.717) is 0 Å². The number of anilines is 1. The summed E-state index contributed by atoms with van der Waals surface area (Å²) < 4.78 is 24.6. The number of hydrogen-bond acceptors (Lipinski definition) is 2. The number of alkyl halides is 2. The van der Waals surface area contributed by atoms with Gasteiger partial charge in [-0.15, -0.1) is 11.8 Å². The summed E-state index contributed by atoms with van der Waals surface area (Å²) >= 11 is 1.54. The van der Waals surface area contributed by atoms with E-state index < -0.39 is 12.5 Å². The molecule has 0 spiro atoms. The average Bonchev–Trinajstić information content (AvgIpc) is 2.18. The largest absolute Gasteiger partial charge is 0.376 e. The Kier molecular flexibility index (Phi) is 4.20. The third-order valence-corrected chi connectivity index (χ3v) is 2.66. The highest BCUT2D eigenvalue weighted by Crippen LogP contribution is 2.25. The third kappa shape index (κ3) is 2.87. The van der Waals surface area contributed by atoms with Crippen LogP contribution in [-0.4, -0.2) is 18.7 Å². The van der Waals surface area contributed by atoms with E-state index in [1.165, 1.54) is 6.92 Å². The predicted molar refractivity (Wildman–Crippen MR) is 57.3 cm³/mol. The van der Waals surface area contributed by atoms with Gasteiger partial charge in [0.2, 0.25) is 0 Å². The molecule has 1 aromatic rings. The van der Waals surface area contributed by atoms with Crippen LogP contribution in [0.1, 0.15) is 6.92 Å². The molecule has 0 aliphatic heterocycles. The second-order valence-electron chi connectivity index (χ2n) is 2.97. The van der Waals surface area contributed by atoms with Gasteiger partial charge in [0, 0.05) is 10.6 Å². The molecule has 0 bridgehead atoms. The molecule has 0 aliphatic carbocycles. The molecule has 1 unspecified atom stereocenters. The highest BCUT2D eigenvalue weighted by atomic mass is 32.2. The molecule has 0 aromatic heterocycles. The van der Waals surface area contributed by atoms with E-state index >= 15 is 0 Å². The van der Waals surface area contributed by atoms with Crippen molar-refractivity contribution in [3.8, 4) is 0 Å². The lowest BCUT2D eigenvalue weighted by Gasteiger charge is -2.16. The second kappa shape index (κ2) is 5.20. The maximum Gasteiger partial charge on any atom is 0.258 e. The topological polar surface area (TPSA) is 12.0 Å². The minimum atomic E-state index is -2.34. The zero-order valence-electron chi connectivity index (χ0n) is 8.13. The van der Waals surface area contributed by atoms with Crippen LogP contribution in [0.5, 0.6) is 0 Å². The number of nitrogens with one attached hydrogen (secondary N) is 1. The first kappa shape index (κ1) is 11.3. The number of hydrogen-bond donors (Lipinski definition) is 1. The van der Waals surface area contributed by atoms with Crippen LogP contribution in [0, 0.1) is 0 Å². The molecule has 1 rings (SSSR count). The lowest BCUT2D eigenvalue weighted by molar-refractivity contribution is 0.130. The SMILES string of the molecule is CSc1ccccc1NC(C)C(F)F. The Hall–Kier alpha value is -0.770. The van der Waals surface area contributed by atoms with Crippen molar-refractivity contribution >= 4 is 17.4 Å². The fraction of sp³-hybridized carbons (Fsp3) is 0.400. The molecule has 0 fully saturated rings. The molecule has 0 aliphatic rings. The Balaban J connectivity index is 2.75. The van der Waals surface area contributed by atoms with Gasteiger partial charge in [-0.1, -0.05) is 12.1 Å². The van der Waals surface area contributed by atoms with Crippen LogP contribution >= 0.6 is 11.8 Å². The van der Waals surface area contributed by atoms with Gasteiger partial charge in [-0.25, -0.2) is 8.78 Å². The molecule has 0 radical (unpaired) electrons. The molecule has 0 saturated carbocycles. The van der Waals surface area contributed by atoms with E-state index in [1.807, 2.05) is 30.5 Å². The van der Waals surface area contributed by atoms with E-state index in [-0.39, 0.29) is 0 Å². The lowest BCUT2D eigenvalue weighted by Crippen LogP contribution is -2.23. The minimum absolute atomic E-state index is 0.771. The smallest absolute Gasteiger partial charge is 0.258 e. The quantitative estimate of drug-likeness (QED) is 0.775. The first-order chi connectivity index (χ1) is 6.65. The van der Waals surface area contributed by atoms with Crippen molar-refractivity contribution in [2.75, 3.05) is 11.6 Å². The van der Waals surface area contributed by atoms with Crippen molar-refractivity contribution < 1.29 is 8.78 Å². The second-order valence-corrected chi connectivity index (χ2v) is 3.82.